The molecule has 0 amide bonds. The molecule has 0 saturated carbocycles. The van der Waals surface area contributed by atoms with Crippen LogP contribution in [0.2, 0.25) is 5.28 Å². The molecule has 4 nitrogen and oxygen atoms in total. The summed E-state index contributed by atoms with van der Waals surface area (Å²) >= 11 is 5.75. The van der Waals surface area contributed by atoms with E-state index in [2.05, 4.69) is 9.97 Å². The van der Waals surface area contributed by atoms with Gasteiger partial charge in [0.2, 0.25) is 11.2 Å². The van der Waals surface area contributed by atoms with E-state index in [0.29, 0.717) is 5.88 Å². The number of hydrogen-bond donors (Lipinski definition) is 0. The van der Waals surface area contributed by atoms with E-state index < -0.39 is 0 Å². The van der Waals surface area contributed by atoms with Crippen molar-refractivity contribution >= 4 is 17.3 Å². The van der Waals surface area contributed by atoms with Gasteiger partial charge in [0.05, 0.1) is 0 Å². The monoisotopic (exact) mass is 263 g/mol. The lowest BCUT2D eigenvalue weighted by Gasteiger charge is -2.14. The zero-order valence-corrected chi connectivity index (χ0v) is 11.3. The van der Waals surface area contributed by atoms with Crippen LogP contribution in [0.4, 0.5) is 5.69 Å². The lowest BCUT2D eigenvalue weighted by atomic mass is 10.3. The van der Waals surface area contributed by atoms with Gasteiger partial charge in [-0.25, -0.2) is 4.98 Å². The van der Waals surface area contributed by atoms with Gasteiger partial charge in [-0.3, -0.25) is 0 Å². The fourth-order valence-corrected chi connectivity index (χ4v) is 1.57. The minimum absolute atomic E-state index is 0.180. The first-order valence-electron chi connectivity index (χ1n) is 5.50. The van der Waals surface area contributed by atoms with E-state index in [0.717, 1.165) is 17.0 Å². The number of benzene rings is 1. The standard InChI is InChI=1S/C13H14ClN3O/c1-9-8-15-13(14)16-12(9)18-11-6-4-5-10(7-11)17(2)3/h4-8H,1-3H3. The fraction of sp³-hybridized carbons (Fsp3) is 0.231. The fourth-order valence-electron chi connectivity index (χ4n) is 1.45. The van der Waals surface area contributed by atoms with E-state index in [1.54, 1.807) is 6.20 Å². The van der Waals surface area contributed by atoms with Crippen LogP contribution in [0, 0.1) is 6.92 Å². The van der Waals surface area contributed by atoms with Gasteiger partial charge in [0.25, 0.3) is 0 Å². The van der Waals surface area contributed by atoms with Crippen LogP contribution in [0.5, 0.6) is 11.6 Å². The van der Waals surface area contributed by atoms with Crippen LogP contribution in [-0.2, 0) is 0 Å². The third-order valence-corrected chi connectivity index (χ3v) is 2.63. The summed E-state index contributed by atoms with van der Waals surface area (Å²) in [6, 6.07) is 7.76. The van der Waals surface area contributed by atoms with Gasteiger partial charge < -0.3 is 9.64 Å². The summed E-state index contributed by atoms with van der Waals surface area (Å²) in [5.74, 6) is 1.20. The summed E-state index contributed by atoms with van der Waals surface area (Å²) < 4.78 is 5.72. The minimum Gasteiger partial charge on any atom is -0.439 e. The van der Waals surface area contributed by atoms with Crippen LogP contribution < -0.4 is 9.64 Å². The van der Waals surface area contributed by atoms with Crippen molar-refractivity contribution < 1.29 is 4.74 Å². The number of aromatic nitrogens is 2. The van der Waals surface area contributed by atoms with Gasteiger partial charge in [-0.05, 0) is 30.7 Å². The average Bonchev–Trinajstić information content (AvgIpc) is 2.34. The molecular weight excluding hydrogens is 250 g/mol. The molecule has 0 fully saturated rings. The molecule has 0 aliphatic carbocycles. The van der Waals surface area contributed by atoms with Crippen molar-refractivity contribution in [2.24, 2.45) is 0 Å². The molecule has 0 radical (unpaired) electrons. The van der Waals surface area contributed by atoms with Gasteiger partial charge in [-0.1, -0.05) is 6.07 Å². The maximum Gasteiger partial charge on any atom is 0.226 e. The second-order valence-electron chi connectivity index (χ2n) is 4.12. The first-order chi connectivity index (χ1) is 8.56. The van der Waals surface area contributed by atoms with Crippen molar-refractivity contribution in [1.82, 2.24) is 9.97 Å². The minimum atomic E-state index is 0.180. The van der Waals surface area contributed by atoms with E-state index in [4.69, 9.17) is 16.3 Å². The summed E-state index contributed by atoms with van der Waals surface area (Å²) in [4.78, 5) is 9.96. The van der Waals surface area contributed by atoms with Crippen LogP contribution in [0.15, 0.2) is 30.5 Å². The molecule has 18 heavy (non-hydrogen) atoms. The highest BCUT2D eigenvalue weighted by atomic mass is 35.5. The second kappa shape index (κ2) is 5.23. The number of hydrogen-bond acceptors (Lipinski definition) is 4. The Bertz CT molecular complexity index is 558. The van der Waals surface area contributed by atoms with E-state index in [-0.39, 0.29) is 5.28 Å². The predicted molar refractivity (Wildman–Crippen MR) is 72.6 cm³/mol. The van der Waals surface area contributed by atoms with E-state index in [1.807, 2.05) is 50.2 Å². The molecule has 0 saturated heterocycles. The molecule has 0 spiro atoms. The van der Waals surface area contributed by atoms with Gasteiger partial charge in [0.15, 0.2) is 0 Å². The number of aryl methyl sites for hydroxylation is 1. The normalized spacial score (nSPS) is 10.2. The smallest absolute Gasteiger partial charge is 0.226 e. The van der Waals surface area contributed by atoms with Gasteiger partial charge >= 0.3 is 0 Å². The summed E-state index contributed by atoms with van der Waals surface area (Å²) in [6.45, 7) is 1.88. The van der Waals surface area contributed by atoms with Gasteiger partial charge in [0, 0.05) is 37.6 Å². The summed E-state index contributed by atoms with van der Waals surface area (Å²) in [5.41, 5.74) is 1.90. The molecule has 0 atom stereocenters. The van der Waals surface area contributed by atoms with E-state index >= 15 is 0 Å². The Labute approximate surface area is 111 Å². The summed E-state index contributed by atoms with van der Waals surface area (Å²) in [5, 5.41) is 0.180. The van der Waals surface area contributed by atoms with Gasteiger partial charge in [-0.2, -0.15) is 4.98 Å². The largest absolute Gasteiger partial charge is 0.439 e. The lowest BCUT2D eigenvalue weighted by Crippen LogP contribution is -2.08. The number of rotatable bonds is 3. The molecule has 1 aromatic carbocycles. The van der Waals surface area contributed by atoms with Crippen LogP contribution in [0.3, 0.4) is 0 Å². The average molecular weight is 264 g/mol. The Morgan fingerprint density at radius 2 is 2.06 bits per heavy atom. The molecule has 5 heteroatoms. The van der Waals surface area contributed by atoms with Crippen LogP contribution in [0.1, 0.15) is 5.56 Å². The van der Waals surface area contributed by atoms with Gasteiger partial charge in [-0.15, -0.1) is 0 Å². The molecule has 0 aliphatic rings. The van der Waals surface area contributed by atoms with Crippen molar-refractivity contribution in [3.05, 3.63) is 41.3 Å². The molecule has 0 bridgehead atoms. The zero-order chi connectivity index (χ0) is 13.1. The van der Waals surface area contributed by atoms with E-state index in [9.17, 15) is 0 Å². The van der Waals surface area contributed by atoms with E-state index in [1.165, 1.54) is 0 Å². The Kier molecular flexibility index (Phi) is 3.67. The first-order valence-corrected chi connectivity index (χ1v) is 5.88. The van der Waals surface area contributed by atoms with Gasteiger partial charge in [0.1, 0.15) is 5.75 Å². The molecule has 1 heterocycles. The van der Waals surface area contributed by atoms with Crippen molar-refractivity contribution in [3.63, 3.8) is 0 Å². The van der Waals surface area contributed by atoms with Crippen molar-refractivity contribution in [3.8, 4) is 11.6 Å². The Hall–Kier alpha value is -1.81. The third kappa shape index (κ3) is 2.90. The molecule has 1 aromatic heterocycles. The molecule has 2 rings (SSSR count). The number of ether oxygens (including phenoxy) is 1. The quantitative estimate of drug-likeness (QED) is 0.797. The van der Waals surface area contributed by atoms with Crippen molar-refractivity contribution in [1.29, 1.82) is 0 Å². The predicted octanol–water partition coefficient (Wildman–Crippen LogP) is 3.30. The summed E-state index contributed by atoms with van der Waals surface area (Å²) in [7, 11) is 3.96. The van der Waals surface area contributed by atoms with Crippen LogP contribution in [-0.4, -0.2) is 24.1 Å². The third-order valence-electron chi connectivity index (χ3n) is 2.44. The van der Waals surface area contributed by atoms with Crippen LogP contribution in [0.25, 0.3) is 0 Å². The molecule has 0 unspecified atom stereocenters. The molecule has 94 valence electrons. The Balaban J connectivity index is 2.28. The molecule has 0 N–H and O–H groups in total. The van der Waals surface area contributed by atoms with Crippen molar-refractivity contribution in [2.45, 2.75) is 6.92 Å². The highest BCUT2D eigenvalue weighted by Gasteiger charge is 2.06. The number of halogens is 1. The number of anilines is 1. The molecule has 2 aromatic rings. The SMILES string of the molecule is Cc1cnc(Cl)nc1Oc1cccc(N(C)C)c1. The molecule has 0 aliphatic heterocycles. The highest BCUT2D eigenvalue weighted by Crippen LogP contribution is 2.26. The Morgan fingerprint density at radius 1 is 1.28 bits per heavy atom. The lowest BCUT2D eigenvalue weighted by molar-refractivity contribution is 0.457. The zero-order valence-electron chi connectivity index (χ0n) is 10.5. The number of nitrogens with zero attached hydrogens (tertiary/aromatic N) is 3. The Morgan fingerprint density at radius 3 is 2.78 bits per heavy atom. The topological polar surface area (TPSA) is 38.3 Å². The summed E-state index contributed by atoms with van der Waals surface area (Å²) in [6.07, 6.45) is 1.64. The molecular formula is C13H14ClN3O. The second-order valence-corrected chi connectivity index (χ2v) is 4.46. The van der Waals surface area contributed by atoms with Crippen molar-refractivity contribution in [2.75, 3.05) is 19.0 Å². The highest BCUT2D eigenvalue weighted by molar-refractivity contribution is 6.28. The maximum atomic E-state index is 5.75. The first kappa shape index (κ1) is 12.6. The maximum absolute atomic E-state index is 5.75. The van der Waals surface area contributed by atoms with Crippen LogP contribution >= 0.6 is 11.6 Å².